The Labute approximate surface area is 139 Å². The smallest absolute Gasteiger partial charge is 0.410 e. The van der Waals surface area contributed by atoms with Crippen molar-refractivity contribution in [3.05, 3.63) is 0 Å². The second-order valence-electron chi connectivity index (χ2n) is 7.48. The molecule has 1 rings (SSSR count). The van der Waals surface area contributed by atoms with Crippen LogP contribution in [-0.2, 0) is 14.3 Å². The molecular weight excluding hydrogens is 296 g/mol. The van der Waals surface area contributed by atoms with E-state index in [1.165, 1.54) is 0 Å². The molecule has 1 saturated heterocycles. The van der Waals surface area contributed by atoms with Crippen LogP contribution in [0.5, 0.6) is 0 Å². The molecule has 0 aromatic heterocycles. The lowest BCUT2D eigenvalue weighted by Gasteiger charge is -2.38. The number of carbonyl (C=O) groups excluding carboxylic acids is 2. The van der Waals surface area contributed by atoms with Gasteiger partial charge in [0.15, 0.2) is 0 Å². The van der Waals surface area contributed by atoms with Crippen molar-refractivity contribution in [1.29, 1.82) is 0 Å². The normalized spacial score (nSPS) is 22.1. The van der Waals surface area contributed by atoms with Gasteiger partial charge in [-0.05, 0) is 46.6 Å². The van der Waals surface area contributed by atoms with Gasteiger partial charge in [-0.15, -0.1) is 0 Å². The van der Waals surface area contributed by atoms with Crippen molar-refractivity contribution < 1.29 is 19.1 Å². The lowest BCUT2D eigenvalue weighted by atomic mass is 9.92. The van der Waals surface area contributed by atoms with Gasteiger partial charge in [-0.2, -0.15) is 0 Å². The summed E-state index contributed by atoms with van der Waals surface area (Å²) >= 11 is 0. The van der Waals surface area contributed by atoms with Crippen molar-refractivity contribution in [2.75, 3.05) is 26.2 Å². The highest BCUT2D eigenvalue weighted by atomic mass is 16.6. The van der Waals surface area contributed by atoms with E-state index in [2.05, 4.69) is 19.2 Å². The quantitative estimate of drug-likeness (QED) is 0.785. The fraction of sp³-hybridized carbons (Fsp3) is 0.882. The molecule has 1 heterocycles. The van der Waals surface area contributed by atoms with Gasteiger partial charge < -0.3 is 19.7 Å². The van der Waals surface area contributed by atoms with Crippen LogP contribution in [0.1, 0.15) is 48.0 Å². The predicted octanol–water partition coefficient (Wildman–Crippen LogP) is 2.42. The minimum absolute atomic E-state index is 0.0372. The number of esters is 1. The predicted molar refractivity (Wildman–Crippen MR) is 89.2 cm³/mol. The van der Waals surface area contributed by atoms with E-state index < -0.39 is 5.60 Å². The minimum Gasteiger partial charge on any atom is -0.466 e. The fourth-order valence-electron chi connectivity index (χ4n) is 2.56. The number of amides is 1. The fourth-order valence-corrected chi connectivity index (χ4v) is 2.56. The summed E-state index contributed by atoms with van der Waals surface area (Å²) in [5.41, 5.74) is -0.538. The third-order valence-electron chi connectivity index (χ3n) is 3.64. The molecule has 1 aliphatic heterocycles. The number of hydrogen-bond acceptors (Lipinski definition) is 5. The number of ether oxygens (including phenoxy) is 2. The number of rotatable bonds is 5. The lowest BCUT2D eigenvalue weighted by Crippen LogP contribution is -2.55. The summed E-state index contributed by atoms with van der Waals surface area (Å²) in [5, 5.41) is 3.44. The van der Waals surface area contributed by atoms with Crippen molar-refractivity contribution in [2.24, 2.45) is 11.8 Å². The molecule has 0 aromatic carbocycles. The third-order valence-corrected chi connectivity index (χ3v) is 3.64. The van der Waals surface area contributed by atoms with Crippen LogP contribution in [0.25, 0.3) is 0 Å². The largest absolute Gasteiger partial charge is 0.466 e. The van der Waals surface area contributed by atoms with E-state index in [1.807, 2.05) is 20.8 Å². The van der Waals surface area contributed by atoms with E-state index in [9.17, 15) is 9.59 Å². The number of nitrogens with zero attached hydrogens (tertiary/aromatic N) is 1. The SMILES string of the molecule is CCOC(=O)[C@@H]1CN(C(=O)OC(C)(C)C)CC[C@@H]1NCC(C)C. The molecule has 2 atom stereocenters. The van der Waals surface area contributed by atoms with Crippen LogP contribution in [-0.4, -0.2) is 54.8 Å². The van der Waals surface area contributed by atoms with Gasteiger partial charge in [-0.1, -0.05) is 13.8 Å². The highest BCUT2D eigenvalue weighted by Gasteiger charge is 2.38. The summed E-state index contributed by atoms with van der Waals surface area (Å²) in [6.45, 7) is 13.7. The van der Waals surface area contributed by atoms with Crippen molar-refractivity contribution >= 4 is 12.1 Å². The number of nitrogens with one attached hydrogen (secondary N) is 1. The zero-order valence-corrected chi connectivity index (χ0v) is 15.3. The highest BCUT2D eigenvalue weighted by Crippen LogP contribution is 2.21. The Hall–Kier alpha value is -1.30. The van der Waals surface area contributed by atoms with E-state index in [0.717, 1.165) is 13.0 Å². The van der Waals surface area contributed by atoms with Gasteiger partial charge in [0, 0.05) is 19.1 Å². The average Bonchev–Trinajstić information content (AvgIpc) is 2.43. The number of likely N-dealkylation sites (tertiary alicyclic amines) is 1. The molecule has 1 N–H and O–H groups in total. The van der Waals surface area contributed by atoms with Crippen LogP contribution < -0.4 is 5.32 Å². The average molecular weight is 328 g/mol. The zero-order valence-electron chi connectivity index (χ0n) is 15.3. The van der Waals surface area contributed by atoms with Gasteiger partial charge in [-0.3, -0.25) is 4.79 Å². The summed E-state index contributed by atoms with van der Waals surface area (Å²) in [5.74, 6) is -0.0984. The van der Waals surface area contributed by atoms with Crippen molar-refractivity contribution in [1.82, 2.24) is 10.2 Å². The molecule has 1 fully saturated rings. The topological polar surface area (TPSA) is 67.9 Å². The van der Waals surface area contributed by atoms with E-state index >= 15 is 0 Å². The van der Waals surface area contributed by atoms with E-state index in [-0.39, 0.29) is 24.0 Å². The maximum Gasteiger partial charge on any atom is 0.410 e. The molecule has 0 radical (unpaired) electrons. The van der Waals surface area contributed by atoms with E-state index in [4.69, 9.17) is 9.47 Å². The first-order valence-corrected chi connectivity index (χ1v) is 8.52. The zero-order chi connectivity index (χ0) is 17.6. The van der Waals surface area contributed by atoms with Gasteiger partial charge in [0.2, 0.25) is 0 Å². The summed E-state index contributed by atoms with van der Waals surface area (Å²) < 4.78 is 10.6. The van der Waals surface area contributed by atoms with Crippen LogP contribution in [0.4, 0.5) is 4.79 Å². The van der Waals surface area contributed by atoms with Gasteiger partial charge in [-0.25, -0.2) is 4.79 Å². The molecule has 0 unspecified atom stereocenters. The van der Waals surface area contributed by atoms with Crippen LogP contribution in [0, 0.1) is 11.8 Å². The molecule has 6 heteroatoms. The third kappa shape index (κ3) is 6.77. The van der Waals surface area contributed by atoms with Crippen LogP contribution in [0.15, 0.2) is 0 Å². The lowest BCUT2D eigenvalue weighted by molar-refractivity contribution is -0.150. The molecule has 134 valence electrons. The first-order chi connectivity index (χ1) is 10.6. The Bertz CT molecular complexity index is 404. The number of hydrogen-bond donors (Lipinski definition) is 1. The van der Waals surface area contributed by atoms with Gasteiger partial charge in [0.05, 0.1) is 12.5 Å². The maximum absolute atomic E-state index is 12.3. The Morgan fingerprint density at radius 3 is 2.48 bits per heavy atom. The van der Waals surface area contributed by atoms with E-state index in [0.29, 0.717) is 25.6 Å². The Morgan fingerprint density at radius 1 is 1.30 bits per heavy atom. The molecule has 0 aliphatic carbocycles. The highest BCUT2D eigenvalue weighted by molar-refractivity contribution is 5.75. The Balaban J connectivity index is 2.73. The second kappa shape index (κ2) is 8.52. The summed E-state index contributed by atoms with van der Waals surface area (Å²) in [7, 11) is 0. The van der Waals surface area contributed by atoms with Crippen molar-refractivity contribution in [2.45, 2.75) is 59.6 Å². The molecule has 1 amide bonds. The second-order valence-corrected chi connectivity index (χ2v) is 7.48. The number of piperidine rings is 1. The first kappa shape index (κ1) is 19.7. The van der Waals surface area contributed by atoms with E-state index in [1.54, 1.807) is 11.8 Å². The number of carbonyl (C=O) groups is 2. The van der Waals surface area contributed by atoms with Gasteiger partial charge in [0.1, 0.15) is 5.60 Å². The molecule has 23 heavy (non-hydrogen) atoms. The summed E-state index contributed by atoms with van der Waals surface area (Å²) in [6, 6.07) is 0.0372. The maximum atomic E-state index is 12.3. The standard InChI is InChI=1S/C17H32N2O4/c1-7-22-15(20)13-11-19(16(21)23-17(4,5)6)9-8-14(13)18-10-12(2)3/h12-14,18H,7-11H2,1-6H3/t13-,14+/m1/s1. The molecule has 0 aromatic rings. The van der Waals surface area contributed by atoms with Crippen molar-refractivity contribution in [3.63, 3.8) is 0 Å². The summed E-state index contributed by atoms with van der Waals surface area (Å²) in [6.07, 6.45) is 0.351. The first-order valence-electron chi connectivity index (χ1n) is 8.52. The molecule has 0 spiro atoms. The van der Waals surface area contributed by atoms with Gasteiger partial charge >= 0.3 is 12.1 Å². The van der Waals surface area contributed by atoms with Crippen molar-refractivity contribution in [3.8, 4) is 0 Å². The Kier molecular flexibility index (Phi) is 7.32. The van der Waals surface area contributed by atoms with Crippen LogP contribution in [0.3, 0.4) is 0 Å². The molecule has 0 saturated carbocycles. The minimum atomic E-state index is -0.538. The molecule has 6 nitrogen and oxygen atoms in total. The van der Waals surface area contributed by atoms with Crippen LogP contribution in [0.2, 0.25) is 0 Å². The molecular formula is C17H32N2O4. The molecule has 1 aliphatic rings. The monoisotopic (exact) mass is 328 g/mol. The molecule has 0 bridgehead atoms. The van der Waals surface area contributed by atoms with Crippen LogP contribution >= 0.6 is 0 Å². The Morgan fingerprint density at radius 2 is 1.96 bits per heavy atom. The van der Waals surface area contributed by atoms with Gasteiger partial charge in [0.25, 0.3) is 0 Å². The summed E-state index contributed by atoms with van der Waals surface area (Å²) in [4.78, 5) is 26.1.